The molecule has 0 spiro atoms. The number of halogens is 1. The summed E-state index contributed by atoms with van der Waals surface area (Å²) in [5.41, 5.74) is 11.2. The maximum absolute atomic E-state index is 10.5. The number of aromatic nitrogens is 4. The quantitative estimate of drug-likeness (QED) is 0.354. The number of imidazole rings is 1. The van der Waals surface area contributed by atoms with Gasteiger partial charge < -0.3 is 31.4 Å². The lowest BCUT2D eigenvalue weighted by atomic mass is 9.90. The number of nitrogens with zero attached hydrogens (tertiary/aromatic N) is 3. The minimum Gasteiger partial charge on any atom is -0.391 e. The molecule has 3 heterocycles. The molecule has 9 nitrogen and oxygen atoms in total. The van der Waals surface area contributed by atoms with E-state index in [2.05, 4.69) is 26.3 Å². The number of anilines is 1. The van der Waals surface area contributed by atoms with Gasteiger partial charge in [-0.05, 0) is 18.5 Å². The maximum atomic E-state index is 10.5. The van der Waals surface area contributed by atoms with E-state index in [0.717, 1.165) is 0 Å². The van der Waals surface area contributed by atoms with Gasteiger partial charge in [-0.15, -0.1) is 0 Å². The van der Waals surface area contributed by atoms with Crippen molar-refractivity contribution in [2.24, 2.45) is 5.73 Å². The Morgan fingerprint density at radius 2 is 2.33 bits per heavy atom. The van der Waals surface area contributed by atoms with Gasteiger partial charge in [0.15, 0.2) is 22.4 Å². The smallest absolute Gasteiger partial charge is 0.200 e. The molecule has 1 fully saturated rings. The second-order valence-electron chi connectivity index (χ2n) is 5.57. The van der Waals surface area contributed by atoms with Crippen LogP contribution in [0.1, 0.15) is 13.2 Å². The summed E-state index contributed by atoms with van der Waals surface area (Å²) >= 11 is 10.6. The van der Waals surface area contributed by atoms with Crippen LogP contribution in [0, 0.1) is 15.9 Å². The molecule has 1 saturated heterocycles. The summed E-state index contributed by atoms with van der Waals surface area (Å²) in [4.78, 5) is 10.9. The van der Waals surface area contributed by atoms with Crippen molar-refractivity contribution in [1.82, 2.24) is 19.5 Å². The van der Waals surface area contributed by atoms with Crippen LogP contribution in [0.15, 0.2) is 6.33 Å². The Labute approximate surface area is 146 Å². The standard InChI is InChI=1S/C13H15ClN6O3S/c1-5(21)7-8(22)13(16,2-3-14)11(23-7)20-4-17-6-9(20)18-12(15)19-10(6)24/h4-5,7-8,11,21-22H,16H2,1H3,(H3,15,18,19,24)/t5-,7+,8-,11+,13?/m0/s1. The van der Waals surface area contributed by atoms with Crippen LogP contribution in [0.5, 0.6) is 0 Å². The van der Waals surface area contributed by atoms with Crippen LogP contribution >= 0.6 is 23.8 Å². The van der Waals surface area contributed by atoms with E-state index in [1.165, 1.54) is 17.8 Å². The van der Waals surface area contributed by atoms with Gasteiger partial charge in [0.05, 0.1) is 12.4 Å². The number of aliphatic hydroxyl groups excluding tert-OH is 2. The SMILES string of the molecule is C[C@H](O)[C@H]1O[C@@H](n2cnc3c(=S)nc(N)[nH]c32)C(N)(C#CCl)[C@H]1O. The van der Waals surface area contributed by atoms with E-state index in [9.17, 15) is 10.2 Å². The molecule has 0 aliphatic carbocycles. The summed E-state index contributed by atoms with van der Waals surface area (Å²) in [6.45, 7) is 1.48. The molecule has 5 atom stereocenters. The lowest BCUT2D eigenvalue weighted by molar-refractivity contribution is -0.0756. The monoisotopic (exact) mass is 370 g/mol. The van der Waals surface area contributed by atoms with Gasteiger partial charge in [-0.3, -0.25) is 4.57 Å². The highest BCUT2D eigenvalue weighted by atomic mass is 35.5. The van der Waals surface area contributed by atoms with Crippen molar-refractivity contribution in [3.63, 3.8) is 0 Å². The van der Waals surface area contributed by atoms with Crippen molar-refractivity contribution in [3.8, 4) is 11.3 Å². The lowest BCUT2D eigenvalue weighted by Gasteiger charge is -2.27. The van der Waals surface area contributed by atoms with Crippen molar-refractivity contribution < 1.29 is 14.9 Å². The van der Waals surface area contributed by atoms with Crippen molar-refractivity contribution in [2.75, 3.05) is 5.73 Å². The zero-order valence-electron chi connectivity index (χ0n) is 12.5. The fraction of sp³-hybridized carbons (Fsp3) is 0.462. The molecule has 11 heteroatoms. The number of nitrogen functional groups attached to an aromatic ring is 1. The van der Waals surface area contributed by atoms with Crippen LogP contribution in [0.25, 0.3) is 11.2 Å². The number of rotatable bonds is 2. The lowest BCUT2D eigenvalue weighted by Crippen LogP contribution is -2.54. The molecule has 0 saturated carbocycles. The maximum Gasteiger partial charge on any atom is 0.200 e. The molecule has 2 aromatic rings. The second kappa shape index (κ2) is 5.96. The first-order valence-electron chi connectivity index (χ1n) is 6.95. The first kappa shape index (κ1) is 17.1. The van der Waals surface area contributed by atoms with Gasteiger partial charge >= 0.3 is 0 Å². The average Bonchev–Trinajstić information content (AvgIpc) is 3.00. The highest BCUT2D eigenvalue weighted by Gasteiger charge is 2.56. The number of ether oxygens (including phenoxy) is 1. The fourth-order valence-electron chi connectivity index (χ4n) is 2.78. The minimum absolute atomic E-state index is 0.0888. The molecule has 1 aliphatic rings. The third-order valence-corrected chi connectivity index (χ3v) is 4.33. The molecular formula is C13H15ClN6O3S. The molecule has 24 heavy (non-hydrogen) atoms. The summed E-state index contributed by atoms with van der Waals surface area (Å²) in [5, 5.41) is 22.5. The van der Waals surface area contributed by atoms with Crippen LogP contribution in [0.2, 0.25) is 0 Å². The number of hydrogen-bond acceptors (Lipinski definition) is 8. The van der Waals surface area contributed by atoms with Crippen molar-refractivity contribution >= 4 is 40.9 Å². The molecule has 1 aliphatic heterocycles. The molecule has 0 radical (unpaired) electrons. The summed E-state index contributed by atoms with van der Waals surface area (Å²) in [5.74, 6) is 2.65. The predicted molar refractivity (Wildman–Crippen MR) is 89.3 cm³/mol. The fourth-order valence-corrected chi connectivity index (χ4v) is 3.19. The van der Waals surface area contributed by atoms with E-state index < -0.39 is 30.1 Å². The minimum atomic E-state index is -1.58. The number of nitrogens with one attached hydrogen (secondary N) is 1. The summed E-state index contributed by atoms with van der Waals surface area (Å²) in [6, 6.07) is 0. The molecular weight excluding hydrogens is 356 g/mol. The Morgan fingerprint density at radius 3 is 2.96 bits per heavy atom. The third-order valence-electron chi connectivity index (χ3n) is 3.95. The van der Waals surface area contributed by atoms with Gasteiger partial charge in [0.25, 0.3) is 0 Å². The normalized spacial score (nSPS) is 31.0. The zero-order chi connectivity index (χ0) is 17.6. The third kappa shape index (κ3) is 2.46. The van der Waals surface area contributed by atoms with Gasteiger partial charge in [-0.1, -0.05) is 18.1 Å². The largest absolute Gasteiger partial charge is 0.391 e. The molecule has 3 rings (SSSR count). The number of H-pyrrole nitrogens is 1. The summed E-state index contributed by atoms with van der Waals surface area (Å²) in [6.07, 6.45) is -2.80. The van der Waals surface area contributed by atoms with Gasteiger partial charge in [0.2, 0.25) is 0 Å². The number of aromatic amines is 1. The summed E-state index contributed by atoms with van der Waals surface area (Å²) in [7, 11) is 0. The number of nitrogens with two attached hydrogens (primary N) is 2. The Kier molecular flexibility index (Phi) is 4.25. The van der Waals surface area contributed by atoms with E-state index in [4.69, 9.17) is 40.0 Å². The first-order chi connectivity index (χ1) is 11.3. The van der Waals surface area contributed by atoms with E-state index in [1.807, 2.05) is 0 Å². The molecule has 128 valence electrons. The average molecular weight is 371 g/mol. The van der Waals surface area contributed by atoms with Crippen LogP contribution < -0.4 is 11.5 Å². The Morgan fingerprint density at radius 1 is 1.62 bits per heavy atom. The zero-order valence-corrected chi connectivity index (χ0v) is 14.0. The van der Waals surface area contributed by atoms with E-state index in [0.29, 0.717) is 11.2 Å². The van der Waals surface area contributed by atoms with Crippen molar-refractivity contribution in [2.45, 2.75) is 37.0 Å². The van der Waals surface area contributed by atoms with Crippen LogP contribution in [0.4, 0.5) is 5.95 Å². The molecule has 0 aromatic carbocycles. The Balaban J connectivity index is 2.20. The molecule has 1 unspecified atom stereocenters. The van der Waals surface area contributed by atoms with Gasteiger partial charge in [-0.25, -0.2) is 9.97 Å². The van der Waals surface area contributed by atoms with Crippen molar-refractivity contribution in [3.05, 3.63) is 11.0 Å². The van der Waals surface area contributed by atoms with Crippen molar-refractivity contribution in [1.29, 1.82) is 0 Å². The molecule has 2 aromatic heterocycles. The second-order valence-corrected chi connectivity index (χ2v) is 6.14. The van der Waals surface area contributed by atoms with Crippen LogP contribution in [0.3, 0.4) is 0 Å². The topological polar surface area (TPSA) is 148 Å². The van der Waals surface area contributed by atoms with Gasteiger partial charge in [-0.2, -0.15) is 0 Å². The van der Waals surface area contributed by atoms with Gasteiger partial charge in [0.1, 0.15) is 23.4 Å². The van der Waals surface area contributed by atoms with Gasteiger partial charge in [0, 0.05) is 5.38 Å². The molecule has 0 amide bonds. The highest BCUT2D eigenvalue weighted by Crippen LogP contribution is 2.39. The highest BCUT2D eigenvalue weighted by molar-refractivity contribution is 7.71. The van der Waals surface area contributed by atoms with E-state index >= 15 is 0 Å². The number of hydrogen-bond donors (Lipinski definition) is 5. The number of fused-ring (bicyclic) bond motifs is 1. The van der Waals surface area contributed by atoms with Crippen LogP contribution in [-0.4, -0.2) is 53.6 Å². The predicted octanol–water partition coefficient (Wildman–Crippen LogP) is -0.393. The van der Waals surface area contributed by atoms with E-state index in [-0.39, 0.29) is 10.6 Å². The molecule has 7 N–H and O–H groups in total. The Hall–Kier alpha value is -1.74. The number of aliphatic hydroxyl groups is 2. The van der Waals surface area contributed by atoms with Crippen LogP contribution in [-0.2, 0) is 4.74 Å². The Bertz CT molecular complexity index is 902. The van der Waals surface area contributed by atoms with E-state index in [1.54, 1.807) is 0 Å². The molecule has 0 bridgehead atoms. The first-order valence-corrected chi connectivity index (χ1v) is 7.73. The summed E-state index contributed by atoms with van der Waals surface area (Å²) < 4.78 is 7.46.